The van der Waals surface area contributed by atoms with Crippen LogP contribution in [0.3, 0.4) is 0 Å². The zero-order chi connectivity index (χ0) is 15.5. The number of rotatable bonds is 3. The maximum absolute atomic E-state index is 12.2. The van der Waals surface area contributed by atoms with Crippen molar-refractivity contribution in [2.45, 2.75) is 83.0 Å². The first-order valence-corrected chi connectivity index (χ1v) is 8.34. The normalized spacial score (nSPS) is 30.5. The molecule has 0 spiro atoms. The quantitative estimate of drug-likeness (QED) is 0.838. The van der Waals surface area contributed by atoms with Crippen molar-refractivity contribution in [2.75, 3.05) is 13.1 Å². The van der Waals surface area contributed by atoms with Crippen LogP contribution in [0.15, 0.2) is 0 Å². The molecule has 1 aliphatic carbocycles. The molecule has 2 aliphatic rings. The van der Waals surface area contributed by atoms with Crippen LogP contribution >= 0.6 is 0 Å². The SMILES string of the molecule is CC(C)(C)OC(=O)N1CCCC1CNC1CCC(N)CC1. The average molecular weight is 297 g/mol. The van der Waals surface area contributed by atoms with E-state index in [1.165, 1.54) is 0 Å². The second-order valence-corrected chi connectivity index (χ2v) is 7.49. The van der Waals surface area contributed by atoms with E-state index in [1.807, 2.05) is 25.7 Å². The summed E-state index contributed by atoms with van der Waals surface area (Å²) in [7, 11) is 0. The van der Waals surface area contributed by atoms with Crippen molar-refractivity contribution < 1.29 is 9.53 Å². The number of ether oxygens (including phenoxy) is 1. The molecule has 0 aromatic carbocycles. The lowest BCUT2D eigenvalue weighted by Gasteiger charge is -2.31. The number of nitrogens with two attached hydrogens (primary N) is 1. The Bertz CT molecular complexity index is 346. The Labute approximate surface area is 128 Å². The second kappa shape index (κ2) is 6.97. The summed E-state index contributed by atoms with van der Waals surface area (Å²) in [4.78, 5) is 14.1. The molecule has 1 saturated carbocycles. The van der Waals surface area contributed by atoms with Gasteiger partial charge in [0.25, 0.3) is 0 Å². The lowest BCUT2D eigenvalue weighted by molar-refractivity contribution is 0.0224. The first-order chi connectivity index (χ1) is 9.85. The van der Waals surface area contributed by atoms with E-state index >= 15 is 0 Å². The average Bonchev–Trinajstić information content (AvgIpc) is 2.84. The molecule has 2 fully saturated rings. The Hall–Kier alpha value is -0.810. The molecule has 0 aromatic rings. The summed E-state index contributed by atoms with van der Waals surface area (Å²) in [5.74, 6) is 0. The summed E-state index contributed by atoms with van der Waals surface area (Å²) >= 11 is 0. The molecule has 122 valence electrons. The largest absolute Gasteiger partial charge is 0.444 e. The van der Waals surface area contributed by atoms with Gasteiger partial charge in [0.1, 0.15) is 5.60 Å². The summed E-state index contributed by atoms with van der Waals surface area (Å²) in [5.41, 5.74) is 5.52. The van der Waals surface area contributed by atoms with E-state index in [9.17, 15) is 4.79 Å². The van der Waals surface area contributed by atoms with Crippen molar-refractivity contribution >= 4 is 6.09 Å². The fraction of sp³-hybridized carbons (Fsp3) is 0.938. The van der Waals surface area contributed by atoms with Crippen molar-refractivity contribution in [3.05, 3.63) is 0 Å². The maximum atomic E-state index is 12.2. The van der Waals surface area contributed by atoms with Crippen molar-refractivity contribution in [3.8, 4) is 0 Å². The predicted molar refractivity (Wildman–Crippen MR) is 84.2 cm³/mol. The van der Waals surface area contributed by atoms with E-state index < -0.39 is 5.60 Å². The summed E-state index contributed by atoms with van der Waals surface area (Å²) < 4.78 is 5.50. The van der Waals surface area contributed by atoms with Gasteiger partial charge in [-0.1, -0.05) is 0 Å². The fourth-order valence-electron chi connectivity index (χ4n) is 3.23. The van der Waals surface area contributed by atoms with Crippen molar-refractivity contribution in [2.24, 2.45) is 5.73 Å². The summed E-state index contributed by atoms with van der Waals surface area (Å²) in [6.07, 6.45) is 6.49. The smallest absolute Gasteiger partial charge is 0.410 e. The van der Waals surface area contributed by atoms with E-state index in [1.54, 1.807) is 0 Å². The van der Waals surface area contributed by atoms with Gasteiger partial charge in [-0.15, -0.1) is 0 Å². The number of nitrogens with one attached hydrogen (secondary N) is 1. The standard InChI is InChI=1S/C16H31N3O2/c1-16(2,3)21-15(20)19-10-4-5-14(19)11-18-13-8-6-12(17)7-9-13/h12-14,18H,4-11,17H2,1-3H3. The molecule has 1 atom stereocenters. The number of nitrogens with zero attached hydrogens (tertiary/aromatic N) is 1. The van der Waals surface area contributed by atoms with Crippen LogP contribution < -0.4 is 11.1 Å². The van der Waals surface area contributed by atoms with Gasteiger partial charge in [0.2, 0.25) is 0 Å². The van der Waals surface area contributed by atoms with E-state index in [4.69, 9.17) is 10.5 Å². The number of carbonyl (C=O) groups excluding carboxylic acids is 1. The van der Waals surface area contributed by atoms with Crippen LogP contribution in [0.1, 0.15) is 59.3 Å². The highest BCUT2D eigenvalue weighted by Gasteiger charge is 2.32. The first kappa shape index (κ1) is 16.6. The minimum Gasteiger partial charge on any atom is -0.444 e. The Morgan fingerprint density at radius 1 is 1.24 bits per heavy atom. The van der Waals surface area contributed by atoms with Gasteiger partial charge in [-0.05, 0) is 59.3 Å². The molecule has 0 aromatic heterocycles. The van der Waals surface area contributed by atoms with Gasteiger partial charge in [-0.2, -0.15) is 0 Å². The second-order valence-electron chi connectivity index (χ2n) is 7.49. The summed E-state index contributed by atoms with van der Waals surface area (Å²) in [6, 6.07) is 1.22. The minimum absolute atomic E-state index is 0.169. The first-order valence-electron chi connectivity index (χ1n) is 8.34. The lowest BCUT2D eigenvalue weighted by Crippen LogP contribution is -2.47. The third-order valence-electron chi connectivity index (χ3n) is 4.42. The molecular formula is C16H31N3O2. The molecule has 1 unspecified atom stereocenters. The van der Waals surface area contributed by atoms with Crippen LogP contribution in [-0.2, 0) is 4.74 Å². The van der Waals surface area contributed by atoms with Gasteiger partial charge in [0.05, 0.1) is 0 Å². The number of hydrogen-bond acceptors (Lipinski definition) is 4. The van der Waals surface area contributed by atoms with Crippen LogP contribution in [-0.4, -0.2) is 47.8 Å². The van der Waals surface area contributed by atoms with Gasteiger partial charge in [-0.3, -0.25) is 0 Å². The van der Waals surface area contributed by atoms with Crippen LogP contribution in [0.25, 0.3) is 0 Å². The van der Waals surface area contributed by atoms with E-state index in [-0.39, 0.29) is 12.1 Å². The van der Waals surface area contributed by atoms with Crippen LogP contribution in [0.4, 0.5) is 4.79 Å². The summed E-state index contributed by atoms with van der Waals surface area (Å²) in [5, 5.41) is 3.63. The minimum atomic E-state index is -0.419. The van der Waals surface area contributed by atoms with Crippen molar-refractivity contribution in [1.29, 1.82) is 0 Å². The van der Waals surface area contributed by atoms with Gasteiger partial charge < -0.3 is 20.7 Å². The predicted octanol–water partition coefficient (Wildman–Crippen LogP) is 2.25. The molecule has 5 heteroatoms. The molecule has 3 N–H and O–H groups in total. The Kier molecular flexibility index (Phi) is 5.49. The maximum Gasteiger partial charge on any atom is 0.410 e. The van der Waals surface area contributed by atoms with Crippen LogP contribution in [0.5, 0.6) is 0 Å². The fourth-order valence-corrected chi connectivity index (χ4v) is 3.23. The Balaban J connectivity index is 1.78. The highest BCUT2D eigenvalue weighted by atomic mass is 16.6. The van der Waals surface area contributed by atoms with Crippen LogP contribution in [0.2, 0.25) is 0 Å². The van der Waals surface area contributed by atoms with Gasteiger partial charge in [-0.25, -0.2) is 4.79 Å². The van der Waals surface area contributed by atoms with Crippen molar-refractivity contribution in [3.63, 3.8) is 0 Å². The lowest BCUT2D eigenvalue weighted by atomic mass is 9.91. The summed E-state index contributed by atoms with van der Waals surface area (Å²) in [6.45, 7) is 7.44. The number of carbonyl (C=O) groups is 1. The molecule has 5 nitrogen and oxygen atoms in total. The number of amides is 1. The molecule has 0 bridgehead atoms. The molecule has 1 heterocycles. The van der Waals surface area contributed by atoms with Gasteiger partial charge in [0.15, 0.2) is 0 Å². The van der Waals surface area contributed by atoms with E-state index in [2.05, 4.69) is 5.32 Å². The highest BCUT2D eigenvalue weighted by Crippen LogP contribution is 2.22. The number of likely N-dealkylation sites (tertiary alicyclic amines) is 1. The molecular weight excluding hydrogens is 266 g/mol. The third kappa shape index (κ3) is 5.15. The molecule has 0 radical (unpaired) electrons. The molecule has 2 rings (SSSR count). The van der Waals surface area contributed by atoms with E-state index in [0.717, 1.165) is 51.6 Å². The van der Waals surface area contributed by atoms with Gasteiger partial charge in [0, 0.05) is 31.2 Å². The molecule has 1 amide bonds. The molecule has 1 aliphatic heterocycles. The van der Waals surface area contributed by atoms with E-state index in [0.29, 0.717) is 12.1 Å². The van der Waals surface area contributed by atoms with Crippen LogP contribution in [0, 0.1) is 0 Å². The topological polar surface area (TPSA) is 67.6 Å². The van der Waals surface area contributed by atoms with Gasteiger partial charge >= 0.3 is 6.09 Å². The highest BCUT2D eigenvalue weighted by molar-refractivity contribution is 5.69. The third-order valence-corrected chi connectivity index (χ3v) is 4.42. The van der Waals surface area contributed by atoms with Crippen molar-refractivity contribution in [1.82, 2.24) is 10.2 Å². The zero-order valence-corrected chi connectivity index (χ0v) is 13.7. The number of hydrogen-bond donors (Lipinski definition) is 2. The molecule has 1 saturated heterocycles. The molecule has 21 heavy (non-hydrogen) atoms. The zero-order valence-electron chi connectivity index (χ0n) is 13.7. The Morgan fingerprint density at radius 3 is 2.52 bits per heavy atom. The Morgan fingerprint density at radius 2 is 1.90 bits per heavy atom. The monoisotopic (exact) mass is 297 g/mol.